The van der Waals surface area contributed by atoms with Gasteiger partial charge in [-0.15, -0.1) is 11.8 Å². The molecule has 1 aliphatic rings. The molecule has 1 fully saturated rings. The Morgan fingerprint density at radius 1 is 1.10 bits per heavy atom. The van der Waals surface area contributed by atoms with Crippen LogP contribution in [-0.2, 0) is 4.79 Å². The molecule has 0 saturated carbocycles. The van der Waals surface area contributed by atoms with E-state index in [-0.39, 0.29) is 12.0 Å². The summed E-state index contributed by atoms with van der Waals surface area (Å²) in [7, 11) is 3.31. The van der Waals surface area contributed by atoms with Gasteiger partial charge in [-0.2, -0.15) is 0 Å². The van der Waals surface area contributed by atoms with Crippen molar-refractivity contribution in [2.24, 2.45) is 0 Å². The average Bonchev–Trinajstić information content (AvgIpc) is 3.21. The number of carbonyl (C=O) groups is 1. The number of hydrogen-bond acceptors (Lipinski definition) is 7. The maximum atomic E-state index is 12.6. The van der Waals surface area contributed by atoms with Gasteiger partial charge in [0.2, 0.25) is 5.91 Å². The van der Waals surface area contributed by atoms with Crippen LogP contribution in [0.2, 0.25) is 0 Å². The topological polar surface area (TPSA) is 60.9 Å². The van der Waals surface area contributed by atoms with Gasteiger partial charge in [0.1, 0.15) is 17.6 Å². The number of fused-ring (bicyclic) bond motifs is 1. The van der Waals surface area contributed by atoms with Crippen molar-refractivity contribution in [3.8, 4) is 16.7 Å². The number of thiazole rings is 1. The third-order valence-corrected chi connectivity index (χ3v) is 7.22. The molecule has 1 aliphatic heterocycles. The summed E-state index contributed by atoms with van der Waals surface area (Å²) >= 11 is 3.24. The number of benzene rings is 2. The standard InChI is InChI=1S/C23H26N2O4S2/c1-27-16-3-6-19(7-4-16)30-14-11-22(26)25-12-9-17(10-13-25)29-23-24-20-15-18(28-2)5-8-21(20)31-23/h3-8,15,17H,9-14H2,1-2H3. The van der Waals surface area contributed by atoms with E-state index in [2.05, 4.69) is 4.98 Å². The van der Waals surface area contributed by atoms with Crippen molar-refractivity contribution < 1.29 is 19.0 Å². The zero-order valence-corrected chi connectivity index (χ0v) is 19.3. The van der Waals surface area contributed by atoms with E-state index < -0.39 is 0 Å². The third-order valence-electron chi connectivity index (χ3n) is 5.28. The first kappa shape index (κ1) is 21.8. The van der Waals surface area contributed by atoms with Gasteiger partial charge in [-0.25, -0.2) is 4.98 Å². The predicted octanol–water partition coefficient (Wildman–Crippen LogP) is 4.87. The summed E-state index contributed by atoms with van der Waals surface area (Å²) in [5.41, 5.74) is 0.890. The lowest BCUT2D eigenvalue weighted by atomic mass is 10.1. The molecule has 2 aromatic carbocycles. The molecule has 2 heterocycles. The summed E-state index contributed by atoms with van der Waals surface area (Å²) in [4.78, 5) is 20.2. The summed E-state index contributed by atoms with van der Waals surface area (Å²) in [5, 5.41) is 0.684. The number of nitrogens with zero attached hydrogens (tertiary/aromatic N) is 2. The smallest absolute Gasteiger partial charge is 0.274 e. The molecule has 0 unspecified atom stereocenters. The van der Waals surface area contributed by atoms with Crippen molar-refractivity contribution in [1.82, 2.24) is 9.88 Å². The molecule has 4 rings (SSSR count). The fraction of sp³-hybridized carbons (Fsp3) is 0.391. The van der Waals surface area contributed by atoms with Gasteiger partial charge in [0.05, 0.1) is 24.4 Å². The lowest BCUT2D eigenvalue weighted by molar-refractivity contribution is -0.132. The number of rotatable bonds is 8. The van der Waals surface area contributed by atoms with Gasteiger partial charge in [-0.3, -0.25) is 4.79 Å². The van der Waals surface area contributed by atoms with Crippen LogP contribution in [0.5, 0.6) is 16.7 Å². The van der Waals surface area contributed by atoms with Crippen LogP contribution in [0, 0.1) is 0 Å². The monoisotopic (exact) mass is 458 g/mol. The maximum absolute atomic E-state index is 12.6. The van der Waals surface area contributed by atoms with Gasteiger partial charge in [-0.05, 0) is 36.4 Å². The second kappa shape index (κ2) is 10.2. The molecule has 3 aromatic rings. The van der Waals surface area contributed by atoms with Gasteiger partial charge in [-0.1, -0.05) is 11.3 Å². The molecule has 6 nitrogen and oxygen atoms in total. The van der Waals surface area contributed by atoms with E-state index in [1.54, 1.807) is 37.3 Å². The summed E-state index contributed by atoms with van der Waals surface area (Å²) in [5.74, 6) is 2.63. The molecule has 0 spiro atoms. The van der Waals surface area contributed by atoms with E-state index in [0.29, 0.717) is 11.6 Å². The first-order valence-electron chi connectivity index (χ1n) is 10.3. The molecule has 164 valence electrons. The molecule has 1 saturated heterocycles. The highest BCUT2D eigenvalue weighted by molar-refractivity contribution is 7.99. The number of carbonyl (C=O) groups excluding carboxylic acids is 1. The lowest BCUT2D eigenvalue weighted by Crippen LogP contribution is -2.41. The Bertz CT molecular complexity index is 1010. The van der Waals surface area contributed by atoms with Gasteiger partial charge < -0.3 is 19.1 Å². The molecule has 1 aromatic heterocycles. The third kappa shape index (κ3) is 5.62. The number of ether oxygens (including phenoxy) is 3. The zero-order chi connectivity index (χ0) is 21.6. The van der Waals surface area contributed by atoms with Crippen LogP contribution in [0.1, 0.15) is 19.3 Å². The normalized spacial score (nSPS) is 14.6. The molecule has 31 heavy (non-hydrogen) atoms. The first-order chi connectivity index (χ1) is 15.1. The Morgan fingerprint density at radius 3 is 2.52 bits per heavy atom. The molecule has 0 atom stereocenters. The van der Waals surface area contributed by atoms with Gasteiger partial charge >= 0.3 is 0 Å². The first-order valence-corrected chi connectivity index (χ1v) is 12.1. The zero-order valence-electron chi connectivity index (χ0n) is 17.7. The highest BCUT2D eigenvalue weighted by Crippen LogP contribution is 2.32. The Kier molecular flexibility index (Phi) is 7.19. The summed E-state index contributed by atoms with van der Waals surface area (Å²) in [6, 6.07) is 13.8. The number of piperidine rings is 1. The van der Waals surface area contributed by atoms with Crippen molar-refractivity contribution in [1.29, 1.82) is 0 Å². The van der Waals surface area contributed by atoms with Crippen molar-refractivity contribution in [2.75, 3.05) is 33.1 Å². The van der Waals surface area contributed by atoms with Gasteiger partial charge in [0.15, 0.2) is 0 Å². The molecule has 1 amide bonds. The minimum Gasteiger partial charge on any atom is -0.497 e. The SMILES string of the molecule is COc1ccc(SCCC(=O)N2CCC(Oc3nc4cc(OC)ccc4s3)CC2)cc1. The number of aromatic nitrogens is 1. The largest absolute Gasteiger partial charge is 0.497 e. The highest BCUT2D eigenvalue weighted by atomic mass is 32.2. The summed E-state index contributed by atoms with van der Waals surface area (Å²) in [6.07, 6.45) is 2.30. The van der Waals surface area contributed by atoms with Crippen molar-refractivity contribution in [2.45, 2.75) is 30.3 Å². The summed E-state index contributed by atoms with van der Waals surface area (Å²) in [6.45, 7) is 1.46. The molecule has 0 aliphatic carbocycles. The second-order valence-corrected chi connectivity index (χ2v) is 9.45. The number of hydrogen-bond donors (Lipinski definition) is 0. The summed E-state index contributed by atoms with van der Waals surface area (Å²) < 4.78 is 17.6. The Hall–Kier alpha value is -2.45. The van der Waals surface area contributed by atoms with E-state index in [4.69, 9.17) is 14.2 Å². The van der Waals surface area contributed by atoms with Crippen LogP contribution in [0.4, 0.5) is 0 Å². The van der Waals surface area contributed by atoms with E-state index in [1.165, 1.54) is 0 Å². The van der Waals surface area contributed by atoms with E-state index in [9.17, 15) is 4.79 Å². The molecular weight excluding hydrogens is 432 g/mol. The van der Waals surface area contributed by atoms with Gasteiger partial charge in [0, 0.05) is 49.1 Å². The van der Waals surface area contributed by atoms with E-state index in [0.717, 1.165) is 58.3 Å². The van der Waals surface area contributed by atoms with Crippen LogP contribution in [0.15, 0.2) is 47.4 Å². The fourth-order valence-electron chi connectivity index (χ4n) is 3.52. The Morgan fingerprint density at radius 2 is 1.81 bits per heavy atom. The van der Waals surface area contributed by atoms with Crippen molar-refractivity contribution in [3.05, 3.63) is 42.5 Å². The van der Waals surface area contributed by atoms with Crippen LogP contribution in [0.25, 0.3) is 10.2 Å². The number of amides is 1. The Labute approximate surface area is 190 Å². The Balaban J connectivity index is 1.21. The number of thioether (sulfide) groups is 1. The minimum atomic E-state index is 0.0974. The number of methoxy groups -OCH3 is 2. The second-order valence-electron chi connectivity index (χ2n) is 7.29. The fourth-order valence-corrected chi connectivity index (χ4v) is 5.22. The highest BCUT2D eigenvalue weighted by Gasteiger charge is 2.24. The van der Waals surface area contributed by atoms with E-state index in [1.807, 2.05) is 47.4 Å². The lowest BCUT2D eigenvalue weighted by Gasteiger charge is -2.31. The van der Waals surface area contributed by atoms with Crippen LogP contribution >= 0.6 is 23.1 Å². The van der Waals surface area contributed by atoms with Crippen molar-refractivity contribution in [3.63, 3.8) is 0 Å². The van der Waals surface area contributed by atoms with Crippen molar-refractivity contribution >= 4 is 39.2 Å². The van der Waals surface area contributed by atoms with Gasteiger partial charge in [0.25, 0.3) is 5.19 Å². The molecule has 0 N–H and O–H groups in total. The number of likely N-dealkylation sites (tertiary alicyclic amines) is 1. The molecular formula is C23H26N2O4S2. The quantitative estimate of drug-likeness (QED) is 0.449. The van der Waals surface area contributed by atoms with Crippen LogP contribution in [0.3, 0.4) is 0 Å². The van der Waals surface area contributed by atoms with Crippen LogP contribution in [-0.4, -0.2) is 55.0 Å². The molecule has 0 bridgehead atoms. The maximum Gasteiger partial charge on any atom is 0.274 e. The predicted molar refractivity (Wildman–Crippen MR) is 125 cm³/mol. The van der Waals surface area contributed by atoms with Crippen LogP contribution < -0.4 is 14.2 Å². The molecule has 0 radical (unpaired) electrons. The molecule has 8 heteroatoms. The average molecular weight is 459 g/mol. The van der Waals surface area contributed by atoms with E-state index >= 15 is 0 Å². The minimum absolute atomic E-state index is 0.0974.